The highest BCUT2D eigenvalue weighted by Crippen LogP contribution is 2.20. The second-order valence-electron chi connectivity index (χ2n) is 6.94. The Morgan fingerprint density at radius 1 is 1.41 bits per heavy atom. The summed E-state index contributed by atoms with van der Waals surface area (Å²) in [4.78, 5) is 36.5. The van der Waals surface area contributed by atoms with Gasteiger partial charge in [-0.1, -0.05) is 12.1 Å². The summed E-state index contributed by atoms with van der Waals surface area (Å²) in [6.45, 7) is 4.80. The highest BCUT2D eigenvalue weighted by atomic mass is 16.5. The van der Waals surface area contributed by atoms with Crippen LogP contribution in [0.4, 0.5) is 0 Å². The van der Waals surface area contributed by atoms with E-state index in [-0.39, 0.29) is 17.7 Å². The van der Waals surface area contributed by atoms with Crippen LogP contribution in [0, 0.1) is 5.92 Å². The lowest BCUT2D eigenvalue weighted by Crippen LogP contribution is -2.48. The highest BCUT2D eigenvalue weighted by Gasteiger charge is 2.32. The average molecular weight is 372 g/mol. The monoisotopic (exact) mass is 372 g/mol. The normalized spacial score (nSPS) is 17.5. The number of nitrogens with one attached hydrogen (secondary N) is 1. The molecule has 0 unspecified atom stereocenters. The van der Waals surface area contributed by atoms with Crippen LogP contribution in [0.15, 0.2) is 24.3 Å². The summed E-state index contributed by atoms with van der Waals surface area (Å²) in [6.07, 6.45) is 1.75. The summed E-state index contributed by atoms with van der Waals surface area (Å²) in [5, 5.41) is 0. The molecule has 1 N–H and O–H groups in total. The van der Waals surface area contributed by atoms with Crippen molar-refractivity contribution < 1.29 is 14.3 Å². The van der Waals surface area contributed by atoms with Crippen LogP contribution < -0.4 is 0 Å². The lowest BCUT2D eigenvalue weighted by Gasteiger charge is -2.34. The van der Waals surface area contributed by atoms with Crippen molar-refractivity contribution in [1.29, 1.82) is 0 Å². The van der Waals surface area contributed by atoms with Crippen LogP contribution in [0.25, 0.3) is 11.0 Å². The molecule has 1 aromatic heterocycles. The van der Waals surface area contributed by atoms with E-state index in [0.717, 1.165) is 16.9 Å². The highest BCUT2D eigenvalue weighted by molar-refractivity contribution is 5.84. The molecule has 7 heteroatoms. The fraction of sp³-hybridized carbons (Fsp3) is 0.550. The fourth-order valence-corrected chi connectivity index (χ4v) is 3.58. The lowest BCUT2D eigenvalue weighted by molar-refractivity contribution is -0.143. The molecule has 0 radical (unpaired) electrons. The zero-order valence-corrected chi connectivity index (χ0v) is 16.1. The number of hydrogen-bond acceptors (Lipinski definition) is 4. The van der Waals surface area contributed by atoms with Gasteiger partial charge >= 0.3 is 0 Å². The summed E-state index contributed by atoms with van der Waals surface area (Å²) >= 11 is 0. The third kappa shape index (κ3) is 4.66. The quantitative estimate of drug-likeness (QED) is 0.767. The Balaban J connectivity index is 1.59. The van der Waals surface area contributed by atoms with Gasteiger partial charge in [0.25, 0.3) is 0 Å². The number of carbonyl (C=O) groups is 2. The van der Waals surface area contributed by atoms with Gasteiger partial charge < -0.3 is 19.5 Å². The molecule has 0 bridgehead atoms. The Kier molecular flexibility index (Phi) is 6.45. The molecule has 2 heterocycles. The first-order chi connectivity index (χ1) is 13.1. The van der Waals surface area contributed by atoms with Crippen LogP contribution in [-0.2, 0) is 20.7 Å². The molecule has 1 atom stereocenters. The third-order valence-electron chi connectivity index (χ3n) is 5.17. The number of fused-ring (bicyclic) bond motifs is 1. The van der Waals surface area contributed by atoms with Crippen molar-refractivity contribution in [1.82, 2.24) is 19.8 Å². The van der Waals surface area contributed by atoms with E-state index in [1.165, 1.54) is 0 Å². The number of rotatable bonds is 8. The molecule has 0 saturated carbocycles. The van der Waals surface area contributed by atoms with Crippen LogP contribution in [-0.4, -0.2) is 71.5 Å². The van der Waals surface area contributed by atoms with Crippen molar-refractivity contribution in [2.45, 2.75) is 26.2 Å². The molecule has 0 aliphatic carbocycles. The third-order valence-corrected chi connectivity index (χ3v) is 5.17. The van der Waals surface area contributed by atoms with Gasteiger partial charge in [0, 0.05) is 46.1 Å². The van der Waals surface area contributed by atoms with Gasteiger partial charge in [-0.2, -0.15) is 0 Å². The van der Waals surface area contributed by atoms with Gasteiger partial charge in [0.1, 0.15) is 5.82 Å². The molecule has 1 fully saturated rings. The minimum atomic E-state index is -0.129. The van der Waals surface area contributed by atoms with Gasteiger partial charge in [-0.3, -0.25) is 9.59 Å². The predicted molar refractivity (Wildman–Crippen MR) is 103 cm³/mol. The summed E-state index contributed by atoms with van der Waals surface area (Å²) in [7, 11) is 1.62. The first-order valence-electron chi connectivity index (χ1n) is 9.61. The number of aromatic amines is 1. The van der Waals surface area contributed by atoms with Crippen molar-refractivity contribution in [2.24, 2.45) is 5.92 Å². The fourth-order valence-electron chi connectivity index (χ4n) is 3.58. The zero-order valence-electron chi connectivity index (χ0n) is 16.1. The Morgan fingerprint density at radius 2 is 2.22 bits per heavy atom. The number of piperidine rings is 1. The number of imidazole rings is 1. The zero-order chi connectivity index (χ0) is 19.2. The number of likely N-dealkylation sites (tertiary alicyclic amines) is 1. The SMILES string of the molecule is CCN(CCc1nc2ccccc2[nH]1)C(=O)[C@H]1CCC(=O)N(CCOC)C1. The first-order valence-corrected chi connectivity index (χ1v) is 9.61. The van der Waals surface area contributed by atoms with Crippen molar-refractivity contribution in [3.63, 3.8) is 0 Å². The molecule has 1 aliphatic rings. The number of hydrogen-bond donors (Lipinski definition) is 1. The van der Waals surface area contributed by atoms with E-state index in [1.807, 2.05) is 36.1 Å². The molecule has 2 amide bonds. The number of carbonyl (C=O) groups excluding carboxylic acids is 2. The van der Waals surface area contributed by atoms with Crippen LogP contribution >= 0.6 is 0 Å². The summed E-state index contributed by atoms with van der Waals surface area (Å²) in [6, 6.07) is 7.92. The smallest absolute Gasteiger partial charge is 0.227 e. The van der Waals surface area contributed by atoms with Crippen molar-refractivity contribution >= 4 is 22.8 Å². The van der Waals surface area contributed by atoms with E-state index in [9.17, 15) is 9.59 Å². The lowest BCUT2D eigenvalue weighted by atomic mass is 9.96. The maximum absolute atomic E-state index is 13.0. The Morgan fingerprint density at radius 3 is 2.96 bits per heavy atom. The molecule has 7 nitrogen and oxygen atoms in total. The Hall–Kier alpha value is -2.41. The standard InChI is InChI=1S/C20H28N4O3/c1-3-23(11-10-18-21-16-6-4-5-7-17(16)22-18)20(26)15-8-9-19(25)24(14-15)12-13-27-2/h4-7,15H,3,8-14H2,1-2H3,(H,21,22)/t15-/m0/s1. The molecule has 2 aromatic rings. The van der Waals surface area contributed by atoms with Crippen molar-refractivity contribution in [2.75, 3.05) is 39.9 Å². The number of para-hydroxylation sites is 2. The molecule has 0 spiro atoms. The molecule has 3 rings (SSSR count). The predicted octanol–water partition coefficient (Wildman–Crippen LogP) is 1.84. The van der Waals surface area contributed by atoms with Gasteiger partial charge in [-0.05, 0) is 25.5 Å². The molecule has 146 valence electrons. The number of amides is 2. The number of likely N-dealkylation sites (N-methyl/N-ethyl adjacent to an activating group) is 1. The number of aromatic nitrogens is 2. The molecular weight excluding hydrogens is 344 g/mol. The van der Waals surface area contributed by atoms with Crippen LogP contribution in [0.1, 0.15) is 25.6 Å². The molecule has 27 heavy (non-hydrogen) atoms. The van der Waals surface area contributed by atoms with E-state index < -0.39 is 0 Å². The minimum Gasteiger partial charge on any atom is -0.383 e. The summed E-state index contributed by atoms with van der Waals surface area (Å²) < 4.78 is 5.07. The van der Waals surface area contributed by atoms with E-state index in [2.05, 4.69) is 9.97 Å². The largest absolute Gasteiger partial charge is 0.383 e. The Labute approximate surface area is 159 Å². The number of ether oxygens (including phenoxy) is 1. The maximum Gasteiger partial charge on any atom is 0.227 e. The van der Waals surface area contributed by atoms with Gasteiger partial charge in [-0.25, -0.2) is 4.98 Å². The summed E-state index contributed by atoms with van der Waals surface area (Å²) in [5.74, 6) is 1.00. The second-order valence-corrected chi connectivity index (χ2v) is 6.94. The first kappa shape index (κ1) is 19.4. The van der Waals surface area contributed by atoms with Gasteiger partial charge in [-0.15, -0.1) is 0 Å². The molecule has 1 aliphatic heterocycles. The summed E-state index contributed by atoms with van der Waals surface area (Å²) in [5.41, 5.74) is 1.96. The molecule has 1 aromatic carbocycles. The number of methoxy groups -OCH3 is 1. The van der Waals surface area contributed by atoms with Crippen LogP contribution in [0.2, 0.25) is 0 Å². The number of H-pyrrole nitrogens is 1. The molecule has 1 saturated heterocycles. The second kappa shape index (κ2) is 8.99. The Bertz CT molecular complexity index is 755. The molecular formula is C20H28N4O3. The number of benzene rings is 1. The van der Waals surface area contributed by atoms with Crippen molar-refractivity contribution in [3.8, 4) is 0 Å². The van der Waals surface area contributed by atoms with Crippen molar-refractivity contribution in [3.05, 3.63) is 30.1 Å². The minimum absolute atomic E-state index is 0.112. The van der Waals surface area contributed by atoms with E-state index >= 15 is 0 Å². The van der Waals surface area contributed by atoms with Crippen LogP contribution in [0.5, 0.6) is 0 Å². The van der Waals surface area contributed by atoms with Gasteiger partial charge in [0.05, 0.1) is 23.6 Å². The number of nitrogens with zero attached hydrogens (tertiary/aromatic N) is 3. The van der Waals surface area contributed by atoms with E-state index in [4.69, 9.17) is 4.74 Å². The van der Waals surface area contributed by atoms with E-state index in [1.54, 1.807) is 12.0 Å². The van der Waals surface area contributed by atoms with Gasteiger partial charge in [0.15, 0.2) is 0 Å². The van der Waals surface area contributed by atoms with Crippen LogP contribution in [0.3, 0.4) is 0 Å². The maximum atomic E-state index is 13.0. The van der Waals surface area contributed by atoms with E-state index in [0.29, 0.717) is 52.0 Å². The van der Waals surface area contributed by atoms with Gasteiger partial charge in [0.2, 0.25) is 11.8 Å². The average Bonchev–Trinajstić information content (AvgIpc) is 3.10. The topological polar surface area (TPSA) is 78.5 Å².